The van der Waals surface area contributed by atoms with Gasteiger partial charge in [0.15, 0.2) is 0 Å². The van der Waals surface area contributed by atoms with Crippen LogP contribution in [0.2, 0.25) is 0 Å². The summed E-state index contributed by atoms with van der Waals surface area (Å²) in [7, 11) is 1.65. The maximum absolute atomic E-state index is 5.94. The highest BCUT2D eigenvalue weighted by molar-refractivity contribution is 5.93. The van der Waals surface area contributed by atoms with Crippen molar-refractivity contribution in [2.24, 2.45) is 0 Å². The molecule has 0 atom stereocenters. The van der Waals surface area contributed by atoms with E-state index >= 15 is 0 Å². The Balaban J connectivity index is 1.87. The summed E-state index contributed by atoms with van der Waals surface area (Å²) in [5, 5.41) is 0.917. The molecule has 0 bridgehead atoms. The molecule has 0 spiro atoms. The van der Waals surface area contributed by atoms with E-state index in [4.69, 9.17) is 15.2 Å². The molecular formula is C17H16N2O2. The Kier molecular flexibility index (Phi) is 3.60. The monoisotopic (exact) mass is 280 g/mol. The van der Waals surface area contributed by atoms with Crippen molar-refractivity contribution in [3.63, 3.8) is 0 Å². The second-order valence-electron chi connectivity index (χ2n) is 4.69. The van der Waals surface area contributed by atoms with E-state index in [0.29, 0.717) is 12.3 Å². The molecule has 0 aliphatic heterocycles. The third-order valence-electron chi connectivity index (χ3n) is 3.29. The maximum atomic E-state index is 5.94. The van der Waals surface area contributed by atoms with E-state index in [9.17, 15) is 0 Å². The standard InChI is InChI=1S/C17H16N2O2/c1-20-13-5-2-4-12(10-13)11-21-16-8-9-19-17-14(16)6-3-7-15(17)18/h2-10H,11,18H2,1H3. The van der Waals surface area contributed by atoms with Crippen LogP contribution in [0.3, 0.4) is 0 Å². The Bertz CT molecular complexity index is 772. The third kappa shape index (κ3) is 2.74. The molecule has 1 aromatic heterocycles. The van der Waals surface area contributed by atoms with Crippen LogP contribution in [-0.2, 0) is 6.61 Å². The van der Waals surface area contributed by atoms with Crippen molar-refractivity contribution in [3.05, 3.63) is 60.3 Å². The fraction of sp³-hybridized carbons (Fsp3) is 0.118. The first-order valence-corrected chi connectivity index (χ1v) is 6.67. The second kappa shape index (κ2) is 5.71. The van der Waals surface area contributed by atoms with Gasteiger partial charge in [0, 0.05) is 11.6 Å². The molecule has 4 nitrogen and oxygen atoms in total. The van der Waals surface area contributed by atoms with Crippen LogP contribution in [0.25, 0.3) is 10.9 Å². The lowest BCUT2D eigenvalue weighted by atomic mass is 10.2. The zero-order valence-corrected chi connectivity index (χ0v) is 11.7. The Hall–Kier alpha value is -2.75. The number of fused-ring (bicyclic) bond motifs is 1. The van der Waals surface area contributed by atoms with Crippen molar-refractivity contribution in [3.8, 4) is 11.5 Å². The van der Waals surface area contributed by atoms with Crippen LogP contribution in [0.4, 0.5) is 5.69 Å². The molecular weight excluding hydrogens is 264 g/mol. The lowest BCUT2D eigenvalue weighted by Gasteiger charge is -2.10. The van der Waals surface area contributed by atoms with E-state index in [-0.39, 0.29) is 0 Å². The number of rotatable bonds is 4. The number of hydrogen-bond acceptors (Lipinski definition) is 4. The molecule has 0 saturated heterocycles. The Labute approximate surface area is 123 Å². The number of para-hydroxylation sites is 1. The Morgan fingerprint density at radius 3 is 2.81 bits per heavy atom. The maximum Gasteiger partial charge on any atom is 0.130 e. The summed E-state index contributed by atoms with van der Waals surface area (Å²) in [5.74, 6) is 1.59. The number of nitrogens with two attached hydrogens (primary N) is 1. The molecule has 0 radical (unpaired) electrons. The van der Waals surface area contributed by atoms with E-state index < -0.39 is 0 Å². The molecule has 0 saturated carbocycles. The number of methoxy groups -OCH3 is 1. The average Bonchev–Trinajstić information content (AvgIpc) is 2.53. The molecule has 2 N–H and O–H groups in total. The fourth-order valence-corrected chi connectivity index (χ4v) is 2.22. The van der Waals surface area contributed by atoms with Crippen molar-refractivity contribution in [1.29, 1.82) is 0 Å². The van der Waals surface area contributed by atoms with E-state index in [0.717, 1.165) is 28.0 Å². The van der Waals surface area contributed by atoms with Gasteiger partial charge in [-0.2, -0.15) is 0 Å². The van der Waals surface area contributed by atoms with Crippen molar-refractivity contribution in [2.75, 3.05) is 12.8 Å². The second-order valence-corrected chi connectivity index (χ2v) is 4.69. The number of hydrogen-bond donors (Lipinski definition) is 1. The van der Waals surface area contributed by atoms with Crippen LogP contribution in [0, 0.1) is 0 Å². The van der Waals surface area contributed by atoms with Crippen LogP contribution in [0.5, 0.6) is 11.5 Å². The highest BCUT2D eigenvalue weighted by atomic mass is 16.5. The van der Waals surface area contributed by atoms with Crippen LogP contribution in [0.15, 0.2) is 54.7 Å². The summed E-state index contributed by atoms with van der Waals surface area (Å²) in [4.78, 5) is 4.30. The van der Waals surface area contributed by atoms with Gasteiger partial charge in [-0.05, 0) is 35.9 Å². The predicted octanol–water partition coefficient (Wildman–Crippen LogP) is 3.40. The largest absolute Gasteiger partial charge is 0.497 e. The average molecular weight is 280 g/mol. The zero-order chi connectivity index (χ0) is 14.7. The summed E-state index contributed by atoms with van der Waals surface area (Å²) in [6.45, 7) is 0.463. The number of anilines is 1. The van der Waals surface area contributed by atoms with E-state index in [1.165, 1.54) is 0 Å². The van der Waals surface area contributed by atoms with Gasteiger partial charge in [-0.1, -0.05) is 18.2 Å². The lowest BCUT2D eigenvalue weighted by molar-refractivity contribution is 0.309. The zero-order valence-electron chi connectivity index (χ0n) is 11.7. The van der Waals surface area contributed by atoms with Gasteiger partial charge in [0.1, 0.15) is 18.1 Å². The number of nitrogen functional groups attached to an aromatic ring is 1. The number of nitrogens with zero attached hydrogens (tertiary/aromatic N) is 1. The molecule has 0 fully saturated rings. The van der Waals surface area contributed by atoms with Gasteiger partial charge in [-0.15, -0.1) is 0 Å². The molecule has 2 aromatic carbocycles. The summed E-state index contributed by atoms with van der Waals surface area (Å²) in [6, 6.07) is 15.4. The smallest absolute Gasteiger partial charge is 0.130 e. The van der Waals surface area contributed by atoms with Crippen molar-refractivity contribution >= 4 is 16.6 Å². The molecule has 3 aromatic rings. The minimum absolute atomic E-state index is 0.463. The summed E-state index contributed by atoms with van der Waals surface area (Å²) in [5.41, 5.74) is 8.40. The first kappa shape index (κ1) is 13.2. The lowest BCUT2D eigenvalue weighted by Crippen LogP contribution is -1.98. The van der Waals surface area contributed by atoms with Crippen molar-refractivity contribution in [2.45, 2.75) is 6.61 Å². The molecule has 0 aliphatic rings. The summed E-state index contributed by atoms with van der Waals surface area (Å²) in [6.07, 6.45) is 1.71. The van der Waals surface area contributed by atoms with E-state index in [2.05, 4.69) is 4.98 Å². The highest BCUT2D eigenvalue weighted by Gasteiger charge is 2.06. The minimum atomic E-state index is 0.463. The number of benzene rings is 2. The van der Waals surface area contributed by atoms with Gasteiger partial charge >= 0.3 is 0 Å². The predicted molar refractivity (Wildman–Crippen MR) is 83.5 cm³/mol. The molecule has 106 valence electrons. The minimum Gasteiger partial charge on any atom is -0.497 e. The molecule has 4 heteroatoms. The van der Waals surface area contributed by atoms with Gasteiger partial charge in [0.2, 0.25) is 0 Å². The van der Waals surface area contributed by atoms with Gasteiger partial charge in [0.25, 0.3) is 0 Å². The topological polar surface area (TPSA) is 57.4 Å². The first-order valence-electron chi connectivity index (χ1n) is 6.67. The van der Waals surface area contributed by atoms with Crippen LogP contribution in [-0.4, -0.2) is 12.1 Å². The third-order valence-corrected chi connectivity index (χ3v) is 3.29. The van der Waals surface area contributed by atoms with E-state index in [1.807, 2.05) is 48.5 Å². The SMILES string of the molecule is COc1cccc(COc2ccnc3c(N)cccc23)c1. The van der Waals surface area contributed by atoms with Gasteiger partial charge in [0.05, 0.1) is 18.3 Å². The molecule has 21 heavy (non-hydrogen) atoms. The number of pyridine rings is 1. The van der Waals surface area contributed by atoms with Crippen molar-refractivity contribution in [1.82, 2.24) is 4.98 Å². The quantitative estimate of drug-likeness (QED) is 0.744. The van der Waals surface area contributed by atoms with Gasteiger partial charge in [-0.25, -0.2) is 0 Å². The Morgan fingerprint density at radius 2 is 1.95 bits per heavy atom. The van der Waals surface area contributed by atoms with Crippen molar-refractivity contribution < 1.29 is 9.47 Å². The summed E-state index contributed by atoms with van der Waals surface area (Å²) >= 11 is 0. The van der Waals surface area contributed by atoms with E-state index in [1.54, 1.807) is 13.3 Å². The number of ether oxygens (including phenoxy) is 2. The molecule has 1 heterocycles. The molecule has 0 amide bonds. The molecule has 3 rings (SSSR count). The van der Waals surface area contributed by atoms with Crippen LogP contribution in [0.1, 0.15) is 5.56 Å². The van der Waals surface area contributed by atoms with Crippen LogP contribution < -0.4 is 15.2 Å². The number of aromatic nitrogens is 1. The normalized spacial score (nSPS) is 10.5. The molecule has 0 aliphatic carbocycles. The first-order chi connectivity index (χ1) is 10.3. The van der Waals surface area contributed by atoms with Gasteiger partial charge < -0.3 is 15.2 Å². The summed E-state index contributed by atoms with van der Waals surface area (Å²) < 4.78 is 11.1. The Morgan fingerprint density at radius 1 is 1.10 bits per heavy atom. The highest BCUT2D eigenvalue weighted by Crippen LogP contribution is 2.28. The van der Waals surface area contributed by atoms with Gasteiger partial charge in [-0.3, -0.25) is 4.98 Å². The fourth-order valence-electron chi connectivity index (χ4n) is 2.22. The van der Waals surface area contributed by atoms with Crippen LogP contribution >= 0.6 is 0 Å². The molecule has 0 unspecified atom stereocenters.